The van der Waals surface area contributed by atoms with E-state index in [2.05, 4.69) is 17.6 Å². The third kappa shape index (κ3) is 6.54. The van der Waals surface area contributed by atoms with Crippen molar-refractivity contribution in [1.29, 1.82) is 0 Å². The molecule has 7 nitrogen and oxygen atoms in total. The molecule has 1 aliphatic heterocycles. The van der Waals surface area contributed by atoms with E-state index in [9.17, 15) is 19.5 Å². The molecule has 3 amide bonds. The van der Waals surface area contributed by atoms with Crippen LogP contribution in [0.1, 0.15) is 67.3 Å². The standard InChI is InChI=1S/C27H35N3O4.ClH/c1-6-7-8-9-25(32)30-15-21-13-22(28-19(5)31)11-10-20(21)14-24(30)27(34)29-23-12-16(2)26(33)18(4)17(23)3;/h10-13,24,33H,6-9,14-15H2,1-5H3,(H,28,31)(H,29,34);1H/t24-;/m0./s1. The van der Waals surface area contributed by atoms with E-state index in [1.807, 2.05) is 32.0 Å². The maximum absolute atomic E-state index is 13.5. The van der Waals surface area contributed by atoms with Crippen LogP contribution >= 0.6 is 12.4 Å². The van der Waals surface area contributed by atoms with Crippen LogP contribution in [0.25, 0.3) is 0 Å². The smallest absolute Gasteiger partial charge is 0.247 e. The van der Waals surface area contributed by atoms with Crippen LogP contribution in [0.15, 0.2) is 24.3 Å². The van der Waals surface area contributed by atoms with Crippen LogP contribution in [0.4, 0.5) is 11.4 Å². The molecule has 190 valence electrons. The lowest BCUT2D eigenvalue weighted by atomic mass is 9.92. The molecule has 35 heavy (non-hydrogen) atoms. The average Bonchev–Trinajstić information content (AvgIpc) is 2.79. The third-order valence-corrected chi connectivity index (χ3v) is 6.59. The molecule has 0 saturated carbocycles. The summed E-state index contributed by atoms with van der Waals surface area (Å²) in [6, 6.07) is 6.75. The van der Waals surface area contributed by atoms with E-state index in [-0.39, 0.29) is 35.9 Å². The van der Waals surface area contributed by atoms with E-state index in [1.54, 1.807) is 17.9 Å². The van der Waals surface area contributed by atoms with E-state index in [0.29, 0.717) is 36.3 Å². The van der Waals surface area contributed by atoms with Gasteiger partial charge in [0.25, 0.3) is 0 Å². The molecule has 2 aromatic rings. The number of phenols is 1. The lowest BCUT2D eigenvalue weighted by Crippen LogP contribution is -2.50. The van der Waals surface area contributed by atoms with Crippen molar-refractivity contribution in [3.05, 3.63) is 52.1 Å². The molecule has 1 aliphatic rings. The molecule has 0 fully saturated rings. The number of nitrogens with one attached hydrogen (secondary N) is 2. The van der Waals surface area contributed by atoms with Crippen molar-refractivity contribution in [3.63, 3.8) is 0 Å². The molecule has 8 heteroatoms. The van der Waals surface area contributed by atoms with Crippen LogP contribution in [0.3, 0.4) is 0 Å². The molecular formula is C27H36ClN3O4. The van der Waals surface area contributed by atoms with Gasteiger partial charge in [0.05, 0.1) is 0 Å². The SMILES string of the molecule is CCCCCC(=O)N1Cc2cc(NC(C)=O)ccc2C[C@H]1C(=O)Nc1cc(C)c(O)c(C)c1C.Cl. The van der Waals surface area contributed by atoms with E-state index in [0.717, 1.165) is 41.5 Å². The Balaban J connectivity index is 0.00000432. The second-order valence-corrected chi connectivity index (χ2v) is 9.19. The Hall–Kier alpha value is -3.06. The molecule has 3 rings (SSSR count). The lowest BCUT2D eigenvalue weighted by Gasteiger charge is -2.36. The molecule has 0 aliphatic carbocycles. The normalized spacial score (nSPS) is 14.5. The van der Waals surface area contributed by atoms with E-state index in [1.165, 1.54) is 6.92 Å². The largest absolute Gasteiger partial charge is 0.507 e. The van der Waals surface area contributed by atoms with Crippen molar-refractivity contribution in [3.8, 4) is 5.75 Å². The van der Waals surface area contributed by atoms with Crippen LogP contribution in [0, 0.1) is 20.8 Å². The number of unbranched alkanes of at least 4 members (excludes halogenated alkanes) is 2. The first-order valence-corrected chi connectivity index (χ1v) is 11.9. The summed E-state index contributed by atoms with van der Waals surface area (Å²) >= 11 is 0. The summed E-state index contributed by atoms with van der Waals surface area (Å²) in [6.45, 7) is 9.34. The first-order valence-electron chi connectivity index (χ1n) is 11.9. The van der Waals surface area contributed by atoms with Gasteiger partial charge in [0, 0.05) is 37.7 Å². The number of benzene rings is 2. The third-order valence-electron chi connectivity index (χ3n) is 6.59. The van der Waals surface area contributed by atoms with E-state index < -0.39 is 6.04 Å². The minimum atomic E-state index is -0.637. The average molecular weight is 502 g/mol. The molecular weight excluding hydrogens is 466 g/mol. The molecule has 0 bridgehead atoms. The summed E-state index contributed by atoms with van der Waals surface area (Å²) in [4.78, 5) is 39.8. The Kier molecular flexibility index (Phi) is 9.72. The van der Waals surface area contributed by atoms with Crippen molar-refractivity contribution in [2.45, 2.75) is 79.3 Å². The Bertz CT molecular complexity index is 1120. The zero-order valence-corrected chi connectivity index (χ0v) is 22.0. The molecule has 0 radical (unpaired) electrons. The maximum Gasteiger partial charge on any atom is 0.247 e. The number of rotatable bonds is 7. The Morgan fingerprint density at radius 2 is 1.74 bits per heavy atom. The second-order valence-electron chi connectivity index (χ2n) is 9.19. The summed E-state index contributed by atoms with van der Waals surface area (Å²) < 4.78 is 0. The monoisotopic (exact) mass is 501 g/mol. The Morgan fingerprint density at radius 1 is 1.03 bits per heavy atom. The quantitative estimate of drug-likeness (QED) is 0.360. The maximum atomic E-state index is 13.5. The topological polar surface area (TPSA) is 98.7 Å². The zero-order valence-electron chi connectivity index (χ0n) is 21.2. The van der Waals surface area contributed by atoms with Crippen molar-refractivity contribution >= 4 is 41.5 Å². The molecule has 0 spiro atoms. The number of carbonyl (C=O) groups is 3. The molecule has 1 heterocycles. The summed E-state index contributed by atoms with van der Waals surface area (Å²) in [6.07, 6.45) is 3.56. The van der Waals surface area contributed by atoms with Gasteiger partial charge in [0.2, 0.25) is 17.7 Å². The number of hydrogen-bond donors (Lipinski definition) is 3. The van der Waals surface area contributed by atoms with Crippen LogP contribution < -0.4 is 10.6 Å². The van der Waals surface area contributed by atoms with Crippen LogP contribution in [0.2, 0.25) is 0 Å². The number of nitrogens with zero attached hydrogens (tertiary/aromatic N) is 1. The van der Waals surface area contributed by atoms with Gasteiger partial charge in [-0.25, -0.2) is 0 Å². The van der Waals surface area contributed by atoms with Gasteiger partial charge in [0.1, 0.15) is 11.8 Å². The second kappa shape index (κ2) is 12.1. The molecule has 0 aromatic heterocycles. The number of fused-ring (bicyclic) bond motifs is 1. The predicted octanol–water partition coefficient (Wildman–Crippen LogP) is 5.17. The summed E-state index contributed by atoms with van der Waals surface area (Å²) in [5.41, 5.74) is 5.45. The van der Waals surface area contributed by atoms with Crippen molar-refractivity contribution < 1.29 is 19.5 Å². The first kappa shape index (κ1) is 28.2. The van der Waals surface area contributed by atoms with Crippen molar-refractivity contribution in [2.75, 3.05) is 10.6 Å². The molecule has 1 atom stereocenters. The Morgan fingerprint density at radius 3 is 2.40 bits per heavy atom. The van der Waals surface area contributed by atoms with Gasteiger partial charge in [0.15, 0.2) is 0 Å². The van der Waals surface area contributed by atoms with Crippen molar-refractivity contribution in [2.24, 2.45) is 0 Å². The minimum absolute atomic E-state index is 0. The van der Waals surface area contributed by atoms with Gasteiger partial charge in [-0.3, -0.25) is 14.4 Å². The summed E-state index contributed by atoms with van der Waals surface area (Å²) in [7, 11) is 0. The number of hydrogen-bond acceptors (Lipinski definition) is 4. The van der Waals surface area contributed by atoms with Gasteiger partial charge >= 0.3 is 0 Å². The molecule has 0 unspecified atom stereocenters. The van der Waals surface area contributed by atoms with Crippen LogP contribution in [-0.4, -0.2) is 33.8 Å². The number of carbonyl (C=O) groups excluding carboxylic acids is 3. The predicted molar refractivity (Wildman–Crippen MR) is 141 cm³/mol. The van der Waals surface area contributed by atoms with Gasteiger partial charge in [-0.1, -0.05) is 25.8 Å². The molecule has 2 aromatic carbocycles. The highest BCUT2D eigenvalue weighted by Gasteiger charge is 2.35. The van der Waals surface area contributed by atoms with Gasteiger partial charge in [-0.2, -0.15) is 0 Å². The number of phenolic OH excluding ortho intramolecular Hbond substituents is 1. The fourth-order valence-corrected chi connectivity index (χ4v) is 4.45. The van der Waals surface area contributed by atoms with Crippen LogP contribution in [-0.2, 0) is 27.3 Å². The minimum Gasteiger partial charge on any atom is -0.507 e. The number of halogens is 1. The molecule has 0 saturated heterocycles. The van der Waals surface area contributed by atoms with Crippen molar-refractivity contribution in [1.82, 2.24) is 4.90 Å². The number of amides is 3. The zero-order chi connectivity index (χ0) is 25.0. The number of anilines is 2. The Labute approximate surface area is 213 Å². The fourth-order valence-electron chi connectivity index (χ4n) is 4.45. The van der Waals surface area contributed by atoms with E-state index in [4.69, 9.17) is 0 Å². The highest BCUT2D eigenvalue weighted by molar-refractivity contribution is 5.98. The summed E-state index contributed by atoms with van der Waals surface area (Å²) in [5, 5.41) is 16.0. The molecule has 3 N–H and O–H groups in total. The highest BCUT2D eigenvalue weighted by atomic mass is 35.5. The number of aromatic hydroxyl groups is 1. The first-order chi connectivity index (χ1) is 16.1. The van der Waals surface area contributed by atoms with Gasteiger partial charge < -0.3 is 20.6 Å². The number of aryl methyl sites for hydroxylation is 1. The summed E-state index contributed by atoms with van der Waals surface area (Å²) in [5.74, 6) is -0.216. The van der Waals surface area contributed by atoms with E-state index >= 15 is 0 Å². The lowest BCUT2D eigenvalue weighted by molar-refractivity contribution is -0.140. The van der Waals surface area contributed by atoms with Gasteiger partial charge in [-0.05, 0) is 73.2 Å². The highest BCUT2D eigenvalue weighted by Crippen LogP contribution is 2.32. The van der Waals surface area contributed by atoms with Crippen LogP contribution in [0.5, 0.6) is 5.75 Å². The fraction of sp³-hybridized carbons (Fsp3) is 0.444. The van der Waals surface area contributed by atoms with Gasteiger partial charge in [-0.15, -0.1) is 12.4 Å².